The predicted molar refractivity (Wildman–Crippen MR) is 409 cm³/mol. The lowest BCUT2D eigenvalue weighted by atomic mass is 10.1. The Labute approximate surface area is 710 Å². The molecule has 706 valence electrons. The predicted octanol–water partition coefficient (Wildman–Crippen LogP) is -14.0. The third kappa shape index (κ3) is 27.3. The van der Waals surface area contributed by atoms with Crippen molar-refractivity contribution in [3.8, 4) is 0 Å². The molecule has 0 radical (unpaired) electrons. The highest BCUT2D eigenvalue weighted by atomic mass is 16.6. The molecule has 0 spiro atoms. The molecule has 127 heavy (non-hydrogen) atoms. The van der Waals surface area contributed by atoms with Gasteiger partial charge in [-0.2, -0.15) is 24.9 Å². The molecule has 2 amide bonds. The van der Waals surface area contributed by atoms with E-state index in [9.17, 15) is 114 Å². The van der Waals surface area contributed by atoms with Gasteiger partial charge in [-0.15, -0.1) is 0 Å². The van der Waals surface area contributed by atoms with Gasteiger partial charge in [-0.05, 0) is 56.5 Å². The lowest BCUT2D eigenvalue weighted by Crippen LogP contribution is -2.43. The van der Waals surface area contributed by atoms with E-state index in [0.29, 0.717) is 0 Å². The summed E-state index contributed by atoms with van der Waals surface area (Å²) >= 11 is 0. The molecule has 60 heteroatoms. The molecule has 1 aliphatic carbocycles. The third-order valence-electron chi connectivity index (χ3n) is 19.4. The number of aliphatic hydroxyl groups is 12. The Morgan fingerprint density at radius 1 is 0.402 bits per heavy atom. The molecule has 5 aliphatic heterocycles. The van der Waals surface area contributed by atoms with E-state index in [0.717, 1.165) is 48.5 Å². The molecule has 5 saturated heterocycles. The molecule has 0 unspecified atom stereocenters. The average molecular weight is 1820 g/mol. The van der Waals surface area contributed by atoms with Gasteiger partial charge in [0.2, 0.25) is 11.8 Å². The summed E-state index contributed by atoms with van der Waals surface area (Å²) in [6.07, 6.45) is -18.2. The molecule has 60 nitrogen and oxygen atoms in total. The average Bonchev–Trinajstić information content (AvgIpc) is 1.67. The van der Waals surface area contributed by atoms with Gasteiger partial charge in [-0.25, -0.2) is 24.0 Å². The molecule has 6 fully saturated rings. The van der Waals surface area contributed by atoms with Gasteiger partial charge in [0.05, 0.1) is 25.0 Å². The lowest BCUT2D eigenvalue weighted by molar-refractivity contribution is -0.155. The van der Waals surface area contributed by atoms with Crippen molar-refractivity contribution in [3.05, 3.63) is 114 Å². The minimum Gasteiger partial charge on any atom is -0.463 e. The van der Waals surface area contributed by atoms with Crippen LogP contribution >= 0.6 is 0 Å². The number of nitrogens with zero attached hydrogens (tertiary/aromatic N) is 10. The highest BCUT2D eigenvalue weighted by Gasteiger charge is 2.50. The van der Waals surface area contributed by atoms with Crippen LogP contribution in [0.4, 0.5) is 29.1 Å². The number of nitrogens with one attached hydrogen (secondary N) is 5. The number of ether oxygens (including phenoxy) is 10. The zero-order chi connectivity index (χ0) is 94.1. The molecule has 1 saturated carbocycles. The Morgan fingerprint density at radius 3 is 0.890 bits per heavy atom. The van der Waals surface area contributed by atoms with Crippen molar-refractivity contribution in [2.24, 2.45) is 40.3 Å². The second kappa shape index (κ2) is 48.0. The number of anilines is 5. The number of carbonyl (C=O) groups is 7. The van der Waals surface area contributed by atoms with Crippen LogP contribution in [0.2, 0.25) is 0 Å². The number of amides is 2. The Morgan fingerprint density at radius 2 is 0.654 bits per heavy atom. The topological polar surface area (TPSA) is 946 Å². The smallest absolute Gasteiger partial charge is 0.351 e. The van der Waals surface area contributed by atoms with Gasteiger partial charge in [0.15, 0.2) is 60.2 Å². The van der Waals surface area contributed by atoms with Crippen molar-refractivity contribution in [1.82, 2.24) is 47.8 Å². The molecule has 6 aliphatic rings. The molecule has 11 rings (SSSR count). The van der Waals surface area contributed by atoms with Crippen LogP contribution in [-0.4, -0.2) is 338 Å². The van der Waals surface area contributed by atoms with E-state index in [1.54, 1.807) is 27.4 Å². The minimum atomic E-state index is -1.51. The maximum Gasteiger partial charge on any atom is 0.351 e. The zero-order valence-electron chi connectivity index (χ0n) is 66.5. The fourth-order valence-electron chi connectivity index (χ4n) is 12.3. The standard InChI is InChI=1S/C15H21N3O7.C14H21N5O8.C13H19N5O8.C13H20N4O8.C12H18N4O8/c19-11-9(7-24-14(21)8-3-1-2-4-8)25-13(12(11)20)18-6-5-10(17-23)16-15(18)22;15-6(1-2-8(16)20)13(23)26-5-7-10(21)11(22)12(27-7)19-4-3-9(18-25)17-14(19)24;14-5(3-7(15)19)12(22)25-4-6-9(20)10(21)11(26-6)18-2-1-8(17-24)16-13(18)23;1-5(18)8(14)12(21)24-4-6-9(19)10(20)11(25-6)17-3-2-7(16-23)15-13(17)22;13-5(3-17)11(20)23-4-6-8(18)9(19)10(24-6)16-2-1-7(15-22)14-12(16)21/h5-6,8-9,11-13,19-20,23H,1-4,7H2,(H,16,17,22);3-4,6-7,10-12,21-22,25H,1-2,5,15H2,(H2,16,20)(H,17,18,24);1-2,5-6,9-11,20-21,24H,3-4,14H2,(H2,15,19)(H,16,17,23);2-3,5-6,8-11,18-20,23H,4,14H2,1H3,(H,15,16,22);1-2,5-6,8-10,17-19,22H,3-4,13H2,(H,14,15,21)/t9-,11-,12-,13-;6-,7+,10+,11+,12+;5-,6+,9+,10+,11+;5-,6-,8+,9-,10-,11-;5-,6+,8+,9+,10+/m10010/s1. The fraction of sp³-hybridized carbons (Fsp3) is 0.597. The maximum absolute atomic E-state index is 11.9. The number of esters is 5. The van der Waals surface area contributed by atoms with Gasteiger partial charge >= 0.3 is 58.3 Å². The number of hydrogen-bond acceptors (Lipinski definition) is 53. The minimum absolute atomic E-state index is 0.000200. The summed E-state index contributed by atoms with van der Waals surface area (Å²) in [6.45, 7) is -1.27. The van der Waals surface area contributed by atoms with Crippen LogP contribution in [0.25, 0.3) is 0 Å². The first-order valence-electron chi connectivity index (χ1n) is 37.9. The summed E-state index contributed by atoms with van der Waals surface area (Å²) in [5.74, 6) is -5.91. The lowest BCUT2D eigenvalue weighted by Gasteiger charge is -2.18. The highest BCUT2D eigenvalue weighted by Crippen LogP contribution is 2.35. The quantitative estimate of drug-likeness (QED) is 0.0108. The van der Waals surface area contributed by atoms with E-state index >= 15 is 0 Å². The highest BCUT2D eigenvalue weighted by molar-refractivity contribution is 5.84. The Kier molecular flexibility index (Phi) is 38.8. The summed E-state index contributed by atoms with van der Waals surface area (Å²) in [5, 5.41) is 162. The van der Waals surface area contributed by atoms with E-state index in [-0.39, 0.29) is 60.4 Å². The molecule has 25 atom stereocenters. The summed E-state index contributed by atoms with van der Waals surface area (Å²) in [4.78, 5) is 157. The van der Waals surface area contributed by atoms with Crippen molar-refractivity contribution in [3.63, 3.8) is 0 Å². The van der Waals surface area contributed by atoms with E-state index in [4.69, 9.17) is 113 Å². The van der Waals surface area contributed by atoms with Crippen LogP contribution in [0.15, 0.2) is 85.3 Å². The van der Waals surface area contributed by atoms with E-state index in [1.165, 1.54) is 68.2 Å². The summed E-state index contributed by atoms with van der Waals surface area (Å²) < 4.78 is 56.2. The first-order valence-corrected chi connectivity index (χ1v) is 37.9. The second-order valence-electron chi connectivity index (χ2n) is 28.4. The van der Waals surface area contributed by atoms with E-state index < -0.39 is 257 Å². The monoisotopic (exact) mass is 1820 g/mol. The SMILES string of the molecule is C[C@@H](O)[C@H](N)C(=O)OC[C@H]1O[C@@H](n2ccc(NO)nc2=O)[C@H](O)[C@@H]1O.NC(=O)CC[C@H](N)C(=O)OC[C@H]1O[C@@H](n2ccc(NO)nc2=O)[C@H](O)[C@@H]1O.NC(=O)C[C@H](N)C(=O)OC[C@H]1O[C@@H](n2ccc(NO)nc2=O)[C@H](O)[C@@H]1O.N[C@@H](CO)C(=O)OC[C@H]1O[C@@H](n2ccc(NO)nc2=O)[C@H](O)[C@@H]1O.O=C(OC[C@H]1O[C@@H](n2ccc(NO)nc2=O)[C@H](O)[C@@H]1O)C1CCCC1. The van der Waals surface area contributed by atoms with Crippen molar-refractivity contribution in [1.29, 1.82) is 0 Å². The first-order chi connectivity index (χ1) is 60.1. The number of aliphatic hydroxyl groups excluding tert-OH is 12. The van der Waals surface area contributed by atoms with Crippen molar-refractivity contribution in [2.75, 3.05) is 67.0 Å². The Hall–Kier alpha value is -11.3. The van der Waals surface area contributed by atoms with Crippen LogP contribution < -0.4 is 90.3 Å². The molecule has 5 aromatic heterocycles. The first kappa shape index (κ1) is 103. The number of carbonyl (C=O) groups excluding carboxylic acids is 7. The molecular weight excluding hydrogens is 1720 g/mol. The fourth-order valence-corrected chi connectivity index (χ4v) is 12.3. The van der Waals surface area contributed by atoms with E-state index in [2.05, 4.69) is 24.9 Å². The molecule has 34 N–H and O–H groups in total. The largest absolute Gasteiger partial charge is 0.463 e. The van der Waals surface area contributed by atoms with Crippen LogP contribution in [0, 0.1) is 5.92 Å². The van der Waals surface area contributed by atoms with Crippen LogP contribution in [0.1, 0.15) is 83.0 Å². The zero-order valence-corrected chi connectivity index (χ0v) is 66.5. The second-order valence-corrected chi connectivity index (χ2v) is 28.4. The van der Waals surface area contributed by atoms with Gasteiger partial charge in [0.25, 0.3) is 0 Å². The van der Waals surface area contributed by atoms with Crippen LogP contribution in [0.5, 0.6) is 0 Å². The van der Waals surface area contributed by atoms with Gasteiger partial charge in [0, 0.05) is 37.4 Å². The van der Waals surface area contributed by atoms with Crippen LogP contribution in [-0.2, 0) is 80.9 Å². The van der Waals surface area contributed by atoms with Gasteiger partial charge < -0.3 is 143 Å². The Balaban J connectivity index is 0.000000218. The van der Waals surface area contributed by atoms with Crippen molar-refractivity contribution in [2.45, 2.75) is 205 Å². The normalized spacial score (nSPS) is 27.5. The molecule has 0 aromatic carbocycles. The number of hydrogen-bond donors (Lipinski definition) is 28. The molecular formula is C67H99N21O39. The Bertz CT molecular complexity index is 4700. The summed E-state index contributed by atoms with van der Waals surface area (Å²) in [5.41, 5.74) is 35.9. The molecule has 10 heterocycles. The summed E-state index contributed by atoms with van der Waals surface area (Å²) in [7, 11) is 0. The summed E-state index contributed by atoms with van der Waals surface area (Å²) in [6, 6.07) is 1.45. The van der Waals surface area contributed by atoms with Gasteiger partial charge in [-0.3, -0.25) is 110 Å². The van der Waals surface area contributed by atoms with Gasteiger partial charge in [-0.1, -0.05) is 12.8 Å². The van der Waals surface area contributed by atoms with Crippen molar-refractivity contribution < 1.29 is 168 Å². The molecule has 0 bridgehead atoms. The number of rotatable bonds is 32. The number of aromatic nitrogens is 10. The molecule has 5 aromatic rings. The third-order valence-corrected chi connectivity index (χ3v) is 19.4. The number of primary amides is 2. The van der Waals surface area contributed by atoms with E-state index in [1.807, 2.05) is 0 Å². The number of nitrogens with two attached hydrogens (primary N) is 6. The maximum atomic E-state index is 11.9. The van der Waals surface area contributed by atoms with Crippen molar-refractivity contribution >= 4 is 70.8 Å². The van der Waals surface area contributed by atoms with Crippen LogP contribution in [0.3, 0.4) is 0 Å². The van der Waals surface area contributed by atoms with Gasteiger partial charge in [0.1, 0.15) is 149 Å².